The lowest BCUT2D eigenvalue weighted by atomic mass is 9.79. The molecular weight excluding hydrogens is 239 g/mol. The average Bonchev–Trinajstić information content (AvgIpc) is 2.29. The van der Waals surface area contributed by atoms with Gasteiger partial charge in [-0.1, -0.05) is 18.9 Å². The third kappa shape index (κ3) is 2.69. The Labute approximate surface area is 105 Å². The summed E-state index contributed by atoms with van der Waals surface area (Å²) in [6.07, 6.45) is -0.0906. The van der Waals surface area contributed by atoms with E-state index in [9.17, 15) is 13.2 Å². The van der Waals surface area contributed by atoms with Gasteiger partial charge < -0.3 is 5.73 Å². The minimum atomic E-state index is -4.27. The van der Waals surface area contributed by atoms with E-state index in [1.165, 1.54) is 12.1 Å². The summed E-state index contributed by atoms with van der Waals surface area (Å²) in [5.74, 6) is 0.209. The van der Waals surface area contributed by atoms with Gasteiger partial charge in [-0.2, -0.15) is 13.2 Å². The molecular formula is C14H18F3N. The van der Waals surface area contributed by atoms with Crippen LogP contribution in [0.2, 0.25) is 0 Å². The van der Waals surface area contributed by atoms with Crippen molar-refractivity contribution in [1.82, 2.24) is 0 Å². The fraction of sp³-hybridized carbons (Fsp3) is 0.571. The molecule has 1 fully saturated rings. The zero-order valence-corrected chi connectivity index (χ0v) is 10.4. The first-order valence-corrected chi connectivity index (χ1v) is 6.33. The molecule has 2 rings (SSSR count). The molecule has 18 heavy (non-hydrogen) atoms. The van der Waals surface area contributed by atoms with Crippen LogP contribution in [0.3, 0.4) is 0 Å². The highest BCUT2D eigenvalue weighted by Crippen LogP contribution is 2.36. The predicted octanol–water partition coefficient (Wildman–Crippen LogP) is 4.00. The van der Waals surface area contributed by atoms with Crippen LogP contribution in [0, 0.1) is 6.92 Å². The van der Waals surface area contributed by atoms with Crippen LogP contribution in [0.25, 0.3) is 0 Å². The molecule has 0 saturated heterocycles. The quantitative estimate of drug-likeness (QED) is 0.808. The van der Waals surface area contributed by atoms with E-state index in [1.54, 1.807) is 13.0 Å². The first-order valence-electron chi connectivity index (χ1n) is 6.33. The highest BCUT2D eigenvalue weighted by molar-refractivity contribution is 5.36. The summed E-state index contributed by atoms with van der Waals surface area (Å²) in [6.45, 7) is 1.74. The van der Waals surface area contributed by atoms with Gasteiger partial charge >= 0.3 is 6.18 Å². The number of alkyl halides is 3. The first kappa shape index (κ1) is 13.4. The molecule has 2 atom stereocenters. The number of benzene rings is 1. The number of hydrogen-bond acceptors (Lipinski definition) is 1. The van der Waals surface area contributed by atoms with Crippen molar-refractivity contribution in [1.29, 1.82) is 0 Å². The van der Waals surface area contributed by atoms with Crippen LogP contribution in [0.15, 0.2) is 18.2 Å². The van der Waals surface area contributed by atoms with Crippen molar-refractivity contribution in [2.75, 3.05) is 0 Å². The zero-order chi connectivity index (χ0) is 13.3. The molecule has 0 radical (unpaired) electrons. The van der Waals surface area contributed by atoms with E-state index in [0.717, 1.165) is 31.2 Å². The number of nitrogens with two attached hydrogens (primary N) is 1. The van der Waals surface area contributed by atoms with Crippen molar-refractivity contribution in [3.63, 3.8) is 0 Å². The third-order valence-electron chi connectivity index (χ3n) is 3.82. The fourth-order valence-corrected chi connectivity index (χ4v) is 2.81. The number of hydrogen-bond donors (Lipinski definition) is 1. The fourth-order valence-electron chi connectivity index (χ4n) is 2.81. The maximum atomic E-state index is 12.6. The van der Waals surface area contributed by atoms with Gasteiger partial charge in [0.2, 0.25) is 0 Å². The Kier molecular flexibility index (Phi) is 3.66. The Hall–Kier alpha value is -1.03. The van der Waals surface area contributed by atoms with Crippen molar-refractivity contribution in [2.45, 2.75) is 50.7 Å². The smallest absolute Gasteiger partial charge is 0.327 e. The molecule has 1 aliphatic rings. The van der Waals surface area contributed by atoms with Crippen LogP contribution in [-0.4, -0.2) is 6.04 Å². The molecule has 1 aliphatic carbocycles. The normalized spacial score (nSPS) is 25.2. The van der Waals surface area contributed by atoms with Crippen molar-refractivity contribution in [2.24, 2.45) is 5.73 Å². The predicted molar refractivity (Wildman–Crippen MR) is 65.4 cm³/mol. The van der Waals surface area contributed by atoms with Gasteiger partial charge in [0.25, 0.3) is 0 Å². The molecule has 1 aromatic rings. The van der Waals surface area contributed by atoms with Crippen molar-refractivity contribution >= 4 is 0 Å². The molecule has 1 aromatic carbocycles. The van der Waals surface area contributed by atoms with Crippen molar-refractivity contribution in [3.05, 3.63) is 34.9 Å². The summed E-state index contributed by atoms with van der Waals surface area (Å²) in [5.41, 5.74) is 7.19. The zero-order valence-electron chi connectivity index (χ0n) is 10.4. The van der Waals surface area contributed by atoms with Gasteiger partial charge in [-0.3, -0.25) is 0 Å². The van der Waals surface area contributed by atoms with E-state index in [0.29, 0.717) is 5.56 Å². The van der Waals surface area contributed by atoms with Crippen molar-refractivity contribution < 1.29 is 13.2 Å². The summed E-state index contributed by atoms with van der Waals surface area (Å²) in [4.78, 5) is 0. The topological polar surface area (TPSA) is 26.0 Å². The van der Waals surface area contributed by atoms with E-state index in [-0.39, 0.29) is 12.0 Å². The summed E-state index contributed by atoms with van der Waals surface area (Å²) < 4.78 is 37.8. The van der Waals surface area contributed by atoms with Gasteiger partial charge in [-0.15, -0.1) is 0 Å². The molecule has 0 aromatic heterocycles. The monoisotopic (exact) mass is 257 g/mol. The minimum Gasteiger partial charge on any atom is -0.327 e. The van der Waals surface area contributed by atoms with Crippen LogP contribution >= 0.6 is 0 Å². The minimum absolute atomic E-state index is 0.0780. The molecule has 0 aliphatic heterocycles. The second-order valence-electron chi connectivity index (χ2n) is 5.12. The van der Waals surface area contributed by atoms with Crippen LogP contribution < -0.4 is 5.73 Å². The van der Waals surface area contributed by atoms with E-state index in [1.807, 2.05) is 0 Å². The van der Waals surface area contributed by atoms with Crippen LogP contribution in [-0.2, 0) is 6.18 Å². The lowest BCUT2D eigenvalue weighted by Crippen LogP contribution is -2.31. The average molecular weight is 257 g/mol. The maximum Gasteiger partial charge on any atom is 0.416 e. The Morgan fingerprint density at radius 3 is 2.39 bits per heavy atom. The summed E-state index contributed by atoms with van der Waals surface area (Å²) >= 11 is 0. The molecule has 1 saturated carbocycles. The van der Waals surface area contributed by atoms with Crippen molar-refractivity contribution in [3.8, 4) is 0 Å². The van der Waals surface area contributed by atoms with Gasteiger partial charge in [0, 0.05) is 6.04 Å². The molecule has 0 amide bonds. The highest BCUT2D eigenvalue weighted by Gasteiger charge is 2.32. The van der Waals surface area contributed by atoms with E-state index >= 15 is 0 Å². The summed E-state index contributed by atoms with van der Waals surface area (Å²) in [5, 5.41) is 0. The molecule has 2 unspecified atom stereocenters. The van der Waals surface area contributed by atoms with Gasteiger partial charge in [0.05, 0.1) is 5.56 Å². The lowest BCUT2D eigenvalue weighted by molar-refractivity contribution is -0.137. The van der Waals surface area contributed by atoms with E-state index in [4.69, 9.17) is 5.73 Å². The molecule has 100 valence electrons. The Morgan fingerprint density at radius 1 is 1.17 bits per heavy atom. The number of halogens is 3. The summed E-state index contributed by atoms with van der Waals surface area (Å²) in [7, 11) is 0. The second kappa shape index (κ2) is 4.92. The van der Waals surface area contributed by atoms with Crippen LogP contribution in [0.4, 0.5) is 13.2 Å². The van der Waals surface area contributed by atoms with Gasteiger partial charge in [0.1, 0.15) is 0 Å². The van der Waals surface area contributed by atoms with Crippen LogP contribution in [0.5, 0.6) is 0 Å². The number of aryl methyl sites for hydroxylation is 1. The molecule has 2 N–H and O–H groups in total. The Bertz CT molecular complexity index is 426. The van der Waals surface area contributed by atoms with Gasteiger partial charge in [0.15, 0.2) is 0 Å². The molecule has 1 nitrogen and oxygen atoms in total. The van der Waals surface area contributed by atoms with E-state index in [2.05, 4.69) is 0 Å². The molecule has 4 heteroatoms. The largest absolute Gasteiger partial charge is 0.416 e. The molecule has 0 spiro atoms. The SMILES string of the molecule is Cc1cc(C(F)(F)F)ccc1C1CCCCC1N. The van der Waals surface area contributed by atoms with Gasteiger partial charge in [-0.05, 0) is 48.9 Å². The standard InChI is InChI=1S/C14H18F3N/c1-9-8-10(14(15,16)17)6-7-11(9)12-4-2-3-5-13(12)18/h6-8,12-13H,2-5,18H2,1H3. The molecule has 0 bridgehead atoms. The van der Waals surface area contributed by atoms with Crippen LogP contribution in [0.1, 0.15) is 48.3 Å². The lowest BCUT2D eigenvalue weighted by Gasteiger charge is -2.30. The van der Waals surface area contributed by atoms with E-state index < -0.39 is 11.7 Å². The highest BCUT2D eigenvalue weighted by atomic mass is 19.4. The Morgan fingerprint density at radius 2 is 1.83 bits per heavy atom. The van der Waals surface area contributed by atoms with Gasteiger partial charge in [-0.25, -0.2) is 0 Å². The Balaban J connectivity index is 2.29. The first-order chi connectivity index (χ1) is 8.39. The maximum absolute atomic E-state index is 12.6. The summed E-state index contributed by atoms with van der Waals surface area (Å²) in [6, 6.07) is 4.09. The second-order valence-corrected chi connectivity index (χ2v) is 5.12. The molecule has 0 heterocycles. The number of rotatable bonds is 1. The third-order valence-corrected chi connectivity index (χ3v) is 3.82.